The Morgan fingerprint density at radius 1 is 1.31 bits per heavy atom. The smallest absolute Gasteiger partial charge is 0.190 e. The largest absolute Gasteiger partial charge is 0.497 e. The average molecular weight is 214 g/mol. The lowest BCUT2D eigenvalue weighted by atomic mass is 10.1. The quantitative estimate of drug-likeness (QED) is 0.757. The molecule has 0 radical (unpaired) electrons. The van der Waals surface area contributed by atoms with Crippen molar-refractivity contribution in [1.29, 1.82) is 5.26 Å². The van der Waals surface area contributed by atoms with E-state index >= 15 is 0 Å². The van der Waals surface area contributed by atoms with Crippen LogP contribution in [0.3, 0.4) is 0 Å². The molecule has 2 aromatic rings. The number of nitrogens with zero attached hydrogens (tertiary/aromatic N) is 4. The zero-order valence-electron chi connectivity index (χ0n) is 9.01. The van der Waals surface area contributed by atoms with Gasteiger partial charge in [0.1, 0.15) is 17.5 Å². The van der Waals surface area contributed by atoms with E-state index in [2.05, 4.69) is 10.3 Å². The Bertz CT molecular complexity index is 536. The van der Waals surface area contributed by atoms with Crippen LogP contribution in [-0.4, -0.2) is 22.1 Å². The molecule has 0 fully saturated rings. The fourth-order valence-electron chi connectivity index (χ4n) is 1.50. The zero-order valence-corrected chi connectivity index (χ0v) is 9.01. The second kappa shape index (κ2) is 4.03. The van der Waals surface area contributed by atoms with Crippen molar-refractivity contribution in [3.8, 4) is 23.1 Å². The van der Waals surface area contributed by atoms with Crippen LogP contribution in [0.2, 0.25) is 0 Å². The summed E-state index contributed by atoms with van der Waals surface area (Å²) in [5, 5.41) is 16.5. The van der Waals surface area contributed by atoms with E-state index in [1.807, 2.05) is 30.3 Å². The van der Waals surface area contributed by atoms with E-state index in [-0.39, 0.29) is 0 Å². The first-order valence-corrected chi connectivity index (χ1v) is 4.70. The van der Waals surface area contributed by atoms with Gasteiger partial charge in [0, 0.05) is 12.6 Å². The van der Waals surface area contributed by atoms with Crippen molar-refractivity contribution in [2.75, 3.05) is 7.11 Å². The van der Waals surface area contributed by atoms with E-state index in [0.717, 1.165) is 11.3 Å². The third kappa shape index (κ3) is 1.61. The molecule has 1 aromatic carbocycles. The number of hydrogen-bond acceptors (Lipinski definition) is 4. The van der Waals surface area contributed by atoms with Crippen LogP contribution in [0.5, 0.6) is 5.75 Å². The van der Waals surface area contributed by atoms with Gasteiger partial charge in [-0.25, -0.2) is 4.68 Å². The predicted octanol–water partition coefficient (Wildman–Crippen LogP) is 1.36. The van der Waals surface area contributed by atoms with Crippen LogP contribution in [0.1, 0.15) is 5.69 Å². The lowest BCUT2D eigenvalue weighted by Crippen LogP contribution is -1.94. The molecule has 0 bridgehead atoms. The molecule has 0 unspecified atom stereocenters. The molecular weight excluding hydrogens is 204 g/mol. The number of aryl methyl sites for hydroxylation is 1. The van der Waals surface area contributed by atoms with Gasteiger partial charge in [-0.15, -0.1) is 5.10 Å². The van der Waals surface area contributed by atoms with Crippen LogP contribution in [0.25, 0.3) is 11.3 Å². The molecule has 5 nitrogen and oxygen atoms in total. The summed E-state index contributed by atoms with van der Waals surface area (Å²) in [6.45, 7) is 0. The number of rotatable bonds is 2. The summed E-state index contributed by atoms with van der Waals surface area (Å²) in [6, 6.07) is 9.44. The molecule has 16 heavy (non-hydrogen) atoms. The Kier molecular flexibility index (Phi) is 2.56. The number of methoxy groups -OCH3 is 1. The van der Waals surface area contributed by atoms with Crippen molar-refractivity contribution in [3.63, 3.8) is 0 Å². The van der Waals surface area contributed by atoms with Gasteiger partial charge in [-0.3, -0.25) is 0 Å². The third-order valence-electron chi connectivity index (χ3n) is 2.30. The van der Waals surface area contributed by atoms with Crippen molar-refractivity contribution in [1.82, 2.24) is 15.0 Å². The summed E-state index contributed by atoms with van der Waals surface area (Å²) >= 11 is 0. The van der Waals surface area contributed by atoms with Gasteiger partial charge in [-0.2, -0.15) is 5.26 Å². The second-order valence-corrected chi connectivity index (χ2v) is 3.25. The van der Waals surface area contributed by atoms with Crippen LogP contribution in [0.4, 0.5) is 0 Å². The van der Waals surface area contributed by atoms with Gasteiger partial charge in [0.05, 0.1) is 7.11 Å². The highest BCUT2D eigenvalue weighted by Gasteiger charge is 2.11. The number of ether oxygens (including phenoxy) is 1. The van der Waals surface area contributed by atoms with Crippen LogP contribution in [0, 0.1) is 11.3 Å². The molecule has 2 rings (SSSR count). The molecule has 0 amide bonds. The van der Waals surface area contributed by atoms with E-state index in [4.69, 9.17) is 10.00 Å². The monoisotopic (exact) mass is 214 g/mol. The number of aromatic nitrogens is 3. The van der Waals surface area contributed by atoms with Gasteiger partial charge in [-0.05, 0) is 24.3 Å². The van der Waals surface area contributed by atoms with E-state index in [1.165, 1.54) is 0 Å². The highest BCUT2D eigenvalue weighted by atomic mass is 16.5. The fraction of sp³-hybridized carbons (Fsp3) is 0.182. The molecule has 80 valence electrons. The Morgan fingerprint density at radius 2 is 2.00 bits per heavy atom. The number of benzene rings is 1. The first-order chi connectivity index (χ1) is 7.76. The van der Waals surface area contributed by atoms with E-state index < -0.39 is 0 Å². The fourth-order valence-corrected chi connectivity index (χ4v) is 1.50. The van der Waals surface area contributed by atoms with Crippen molar-refractivity contribution in [2.45, 2.75) is 0 Å². The van der Waals surface area contributed by atoms with Gasteiger partial charge < -0.3 is 4.74 Å². The maximum Gasteiger partial charge on any atom is 0.190 e. The number of hydrogen-bond donors (Lipinski definition) is 0. The molecule has 0 spiro atoms. The minimum Gasteiger partial charge on any atom is -0.497 e. The molecule has 1 heterocycles. The maximum absolute atomic E-state index is 8.90. The molecule has 0 aliphatic rings. The summed E-state index contributed by atoms with van der Waals surface area (Å²) in [6.07, 6.45) is 0. The summed E-state index contributed by atoms with van der Waals surface area (Å²) in [5.74, 6) is 0.775. The molecule has 0 N–H and O–H groups in total. The van der Waals surface area contributed by atoms with Crippen molar-refractivity contribution in [3.05, 3.63) is 30.0 Å². The van der Waals surface area contributed by atoms with Crippen molar-refractivity contribution >= 4 is 0 Å². The molecule has 0 aliphatic carbocycles. The molecule has 0 aliphatic heterocycles. The first kappa shape index (κ1) is 10.2. The third-order valence-corrected chi connectivity index (χ3v) is 2.30. The van der Waals surface area contributed by atoms with Gasteiger partial charge in [0.25, 0.3) is 0 Å². The van der Waals surface area contributed by atoms with E-state index in [9.17, 15) is 0 Å². The van der Waals surface area contributed by atoms with Crippen LogP contribution in [-0.2, 0) is 7.05 Å². The van der Waals surface area contributed by atoms with Gasteiger partial charge in [-0.1, -0.05) is 5.21 Å². The summed E-state index contributed by atoms with van der Waals surface area (Å²) in [4.78, 5) is 0. The lowest BCUT2D eigenvalue weighted by Gasteiger charge is -2.03. The first-order valence-electron chi connectivity index (χ1n) is 4.70. The minimum atomic E-state index is 0.327. The number of nitriles is 1. The standard InChI is InChI=1S/C11H10N4O/c1-15-11(10(7-12)13-14-15)8-3-5-9(16-2)6-4-8/h3-6H,1-2H3. The van der Waals surface area contributed by atoms with Gasteiger partial charge in [0.15, 0.2) is 5.69 Å². The highest BCUT2D eigenvalue weighted by molar-refractivity contribution is 5.65. The van der Waals surface area contributed by atoms with Gasteiger partial charge in [0.2, 0.25) is 0 Å². The Labute approximate surface area is 92.9 Å². The topological polar surface area (TPSA) is 63.7 Å². The average Bonchev–Trinajstić information content (AvgIpc) is 2.70. The normalized spacial score (nSPS) is 9.81. The molecule has 0 saturated carbocycles. The second-order valence-electron chi connectivity index (χ2n) is 3.25. The molecular formula is C11H10N4O. The Hall–Kier alpha value is -2.35. The highest BCUT2D eigenvalue weighted by Crippen LogP contribution is 2.23. The molecule has 0 atom stereocenters. The molecule has 0 saturated heterocycles. The molecule has 1 aromatic heterocycles. The van der Waals surface area contributed by atoms with Crippen LogP contribution in [0.15, 0.2) is 24.3 Å². The summed E-state index contributed by atoms with van der Waals surface area (Å²) in [5.41, 5.74) is 1.93. The van der Waals surface area contributed by atoms with Crippen molar-refractivity contribution < 1.29 is 4.74 Å². The Morgan fingerprint density at radius 3 is 2.56 bits per heavy atom. The van der Waals surface area contributed by atoms with E-state index in [1.54, 1.807) is 18.8 Å². The lowest BCUT2D eigenvalue weighted by molar-refractivity contribution is 0.415. The van der Waals surface area contributed by atoms with Crippen molar-refractivity contribution in [2.24, 2.45) is 7.05 Å². The SMILES string of the molecule is COc1ccc(-c2c(C#N)nnn2C)cc1. The predicted molar refractivity (Wildman–Crippen MR) is 57.7 cm³/mol. The van der Waals surface area contributed by atoms with Gasteiger partial charge >= 0.3 is 0 Å². The van der Waals surface area contributed by atoms with Crippen LogP contribution >= 0.6 is 0 Å². The summed E-state index contributed by atoms with van der Waals surface area (Å²) < 4.78 is 6.65. The zero-order chi connectivity index (χ0) is 11.5. The maximum atomic E-state index is 8.90. The minimum absolute atomic E-state index is 0.327. The molecule has 5 heteroatoms. The Balaban J connectivity index is 2.50. The summed E-state index contributed by atoms with van der Waals surface area (Å²) in [7, 11) is 3.37. The van der Waals surface area contributed by atoms with E-state index in [0.29, 0.717) is 11.4 Å². The van der Waals surface area contributed by atoms with Crippen LogP contribution < -0.4 is 4.74 Å².